The van der Waals surface area contributed by atoms with E-state index in [0.717, 1.165) is 0 Å². The van der Waals surface area contributed by atoms with E-state index >= 15 is 0 Å². The van der Waals surface area contributed by atoms with Crippen LogP contribution in [-0.4, -0.2) is 58.7 Å². The van der Waals surface area contributed by atoms with E-state index in [1.54, 1.807) is 0 Å². The second-order valence-corrected chi connectivity index (χ2v) is 6.16. The first-order chi connectivity index (χ1) is 8.00. The molecule has 32 heavy (non-hydrogen) atoms. The SMILES string of the molecule is N.N.N.N.N.N.N.N.N.N.N.N.O=P(O)(O)O.O=P(O)(O)O.O=P(O)(O)O.O=P(O)(O)O. The van der Waals surface area contributed by atoms with Crippen molar-refractivity contribution in [2.75, 3.05) is 0 Å². The van der Waals surface area contributed by atoms with E-state index in [1.807, 2.05) is 0 Å². The molecule has 0 aliphatic rings. The molecule has 0 atom stereocenters. The highest BCUT2D eigenvalue weighted by Gasteiger charge is 2.01. The standard InChI is InChI=1S/12H3N.4H3O4P/c;;;;;;;;;;;;4*1-5(2,3)4/h12*1H3;4*(H3,1,2,3,4). The lowest BCUT2D eigenvalue weighted by atomic mass is 14.0. The Morgan fingerprint density at radius 3 is 0.219 bits per heavy atom. The van der Waals surface area contributed by atoms with Gasteiger partial charge in [-0.2, -0.15) is 0 Å². The van der Waals surface area contributed by atoms with Crippen LogP contribution in [0.1, 0.15) is 0 Å². The highest BCUT2D eigenvalue weighted by Crippen LogP contribution is 2.27. The third-order valence-corrected chi connectivity index (χ3v) is 0. The number of hydrogen-bond acceptors (Lipinski definition) is 16. The highest BCUT2D eigenvalue weighted by atomic mass is 31.2. The fraction of sp³-hybridized carbons (Fsp3) is 0. The maximum Gasteiger partial charge on any atom is 0.466 e. The Bertz CT molecular complexity index is 310. The van der Waals surface area contributed by atoms with Crippen molar-refractivity contribution in [2.45, 2.75) is 0 Å². The molecular weight excluding hydrogens is 548 g/mol. The predicted octanol–water partition coefficient (Wildman–Crippen LogP) is -1.77. The van der Waals surface area contributed by atoms with Crippen LogP contribution in [0.25, 0.3) is 0 Å². The summed E-state index contributed by atoms with van der Waals surface area (Å²) in [7, 11) is -18.6. The Kier molecular flexibility index (Phi) is 182. The van der Waals surface area contributed by atoms with Crippen LogP contribution in [0.15, 0.2) is 0 Å². The van der Waals surface area contributed by atoms with Gasteiger partial charge in [-0.15, -0.1) is 0 Å². The summed E-state index contributed by atoms with van der Waals surface area (Å²) in [4.78, 5) is 86.2. The van der Waals surface area contributed by atoms with Gasteiger partial charge in [-0.25, -0.2) is 18.3 Å². The van der Waals surface area contributed by atoms with Gasteiger partial charge in [0.15, 0.2) is 0 Å². The molecule has 0 saturated carbocycles. The Hall–Kier alpha value is -0.0400. The molecule has 0 amide bonds. The maximum atomic E-state index is 8.88. The van der Waals surface area contributed by atoms with E-state index in [9.17, 15) is 0 Å². The molecule has 0 radical (unpaired) electrons. The summed E-state index contributed by atoms with van der Waals surface area (Å²) in [6.07, 6.45) is 0. The molecule has 0 bridgehead atoms. The van der Waals surface area contributed by atoms with E-state index < -0.39 is 31.3 Å². The van der Waals surface area contributed by atoms with Gasteiger partial charge in [0.2, 0.25) is 0 Å². The highest BCUT2D eigenvalue weighted by molar-refractivity contribution is 7.45. The van der Waals surface area contributed by atoms with Crippen LogP contribution in [0.2, 0.25) is 0 Å². The predicted molar refractivity (Wildman–Crippen MR) is 117 cm³/mol. The van der Waals surface area contributed by atoms with Crippen LogP contribution in [0, 0.1) is 0 Å². The van der Waals surface area contributed by atoms with Crippen LogP contribution in [0.4, 0.5) is 0 Å². The first-order valence-electron chi connectivity index (χ1n) is 3.13. The summed E-state index contributed by atoms with van der Waals surface area (Å²) < 4.78 is 35.5. The zero-order valence-corrected chi connectivity index (χ0v) is 20.9. The molecule has 0 fully saturated rings. The van der Waals surface area contributed by atoms with Gasteiger partial charge in [0.25, 0.3) is 0 Å². The Labute approximate surface area is 183 Å². The first-order valence-corrected chi connectivity index (χ1v) is 9.39. The summed E-state index contributed by atoms with van der Waals surface area (Å²) in [5, 5.41) is 0. The van der Waals surface area contributed by atoms with Crippen LogP contribution >= 0.6 is 31.3 Å². The summed E-state index contributed by atoms with van der Waals surface area (Å²) in [6, 6.07) is 0. The van der Waals surface area contributed by atoms with Gasteiger partial charge in [-0.05, 0) is 0 Å². The van der Waals surface area contributed by atoms with Crippen molar-refractivity contribution >= 4 is 31.3 Å². The zero-order chi connectivity index (χ0) is 18.0. The molecule has 28 nitrogen and oxygen atoms in total. The van der Waals surface area contributed by atoms with Crippen LogP contribution in [0.3, 0.4) is 0 Å². The average molecular weight is 596 g/mol. The van der Waals surface area contributed by atoms with Gasteiger partial charge in [-0.1, -0.05) is 0 Å². The summed E-state index contributed by atoms with van der Waals surface area (Å²) in [5.41, 5.74) is 0. The van der Waals surface area contributed by atoms with Gasteiger partial charge in [0, 0.05) is 0 Å². The third-order valence-electron chi connectivity index (χ3n) is 0. The Morgan fingerprint density at radius 1 is 0.219 bits per heavy atom. The maximum absolute atomic E-state index is 8.88. The lowest BCUT2D eigenvalue weighted by Gasteiger charge is -1.82. The van der Waals surface area contributed by atoms with E-state index in [0.29, 0.717) is 0 Å². The van der Waals surface area contributed by atoms with E-state index in [1.165, 1.54) is 0 Å². The molecule has 0 rings (SSSR count). The first kappa shape index (κ1) is 120. The van der Waals surface area contributed by atoms with Crippen LogP contribution in [-0.2, 0) is 18.3 Å². The molecule has 0 aliphatic heterocycles. The monoisotopic (exact) mass is 596 g/mol. The number of hydrogen-bond donors (Lipinski definition) is 24. The summed E-state index contributed by atoms with van der Waals surface area (Å²) >= 11 is 0. The van der Waals surface area contributed by atoms with Crippen molar-refractivity contribution in [3.05, 3.63) is 0 Å². The van der Waals surface area contributed by atoms with Gasteiger partial charge in [-0.3, -0.25) is 0 Å². The minimum absolute atomic E-state index is 0. The zero-order valence-electron chi connectivity index (χ0n) is 17.3. The topological polar surface area (TPSA) is 731 Å². The molecule has 0 saturated heterocycles. The van der Waals surface area contributed by atoms with Gasteiger partial charge in [0.1, 0.15) is 0 Å². The molecule has 48 N–H and O–H groups in total. The number of rotatable bonds is 0. The minimum atomic E-state index is -4.64. The fourth-order valence-electron chi connectivity index (χ4n) is 0. The average Bonchev–Trinajstić information content (AvgIpc) is 1.62. The van der Waals surface area contributed by atoms with Crippen molar-refractivity contribution in [3.63, 3.8) is 0 Å². The molecule has 0 aromatic heterocycles. The minimum Gasteiger partial charge on any atom is -0.344 e. The Morgan fingerprint density at radius 2 is 0.219 bits per heavy atom. The lowest BCUT2D eigenvalue weighted by Crippen LogP contribution is -1.66. The smallest absolute Gasteiger partial charge is 0.344 e. The summed E-state index contributed by atoms with van der Waals surface area (Å²) in [6.45, 7) is 0. The molecule has 32 heteroatoms. The molecular formula is H48N12O16P4. The second kappa shape index (κ2) is 48.4. The molecule has 0 aromatic carbocycles. The van der Waals surface area contributed by atoms with E-state index in [2.05, 4.69) is 0 Å². The van der Waals surface area contributed by atoms with Crippen molar-refractivity contribution in [1.82, 2.24) is 73.8 Å². The second-order valence-electron chi connectivity index (χ2n) is 2.05. The molecule has 0 unspecified atom stereocenters. The van der Waals surface area contributed by atoms with Gasteiger partial charge < -0.3 is 133 Å². The van der Waals surface area contributed by atoms with Gasteiger partial charge in [0.05, 0.1) is 0 Å². The quantitative estimate of drug-likeness (QED) is 0.137. The Balaban J connectivity index is -0.00000000677. The molecule has 0 heterocycles. The largest absolute Gasteiger partial charge is 0.466 e. The van der Waals surface area contributed by atoms with Crippen molar-refractivity contribution in [2.24, 2.45) is 0 Å². The van der Waals surface area contributed by atoms with Crippen LogP contribution in [0.5, 0.6) is 0 Å². The molecule has 0 aromatic rings. The fourth-order valence-corrected chi connectivity index (χ4v) is 0. The normalized spacial score (nSPS) is 7.38. The van der Waals surface area contributed by atoms with E-state index in [4.69, 9.17) is 77.0 Å². The van der Waals surface area contributed by atoms with Crippen molar-refractivity contribution in [1.29, 1.82) is 0 Å². The molecule has 224 valence electrons. The molecule has 0 spiro atoms. The summed E-state index contributed by atoms with van der Waals surface area (Å²) in [5.74, 6) is 0. The number of phosphoric acid groups is 4. The van der Waals surface area contributed by atoms with E-state index in [-0.39, 0.29) is 73.8 Å². The van der Waals surface area contributed by atoms with Crippen LogP contribution < -0.4 is 73.8 Å². The van der Waals surface area contributed by atoms with Gasteiger partial charge >= 0.3 is 31.3 Å². The van der Waals surface area contributed by atoms with Crippen molar-refractivity contribution in [3.8, 4) is 0 Å². The van der Waals surface area contributed by atoms with Crippen molar-refractivity contribution < 1.29 is 77.0 Å². The lowest BCUT2D eigenvalue weighted by molar-refractivity contribution is 0.272. The third kappa shape index (κ3) is 15700000. The molecule has 0 aliphatic carbocycles.